The minimum Gasteiger partial charge on any atom is -0.382 e. The van der Waals surface area contributed by atoms with Crippen LogP contribution in [0.5, 0.6) is 0 Å². The third kappa shape index (κ3) is 5.92. The number of nitrogens with zero attached hydrogens (tertiary/aromatic N) is 4. The third-order valence-corrected chi connectivity index (χ3v) is 9.79. The summed E-state index contributed by atoms with van der Waals surface area (Å²) in [6.45, 7) is 2.93. The van der Waals surface area contributed by atoms with Gasteiger partial charge in [-0.15, -0.1) is 0 Å². The first-order valence-electron chi connectivity index (χ1n) is 14.2. The molecule has 2 aromatic heterocycles. The number of para-hydroxylation sites is 1. The fourth-order valence-corrected chi connectivity index (χ4v) is 7.01. The molecule has 0 aliphatic carbocycles. The summed E-state index contributed by atoms with van der Waals surface area (Å²) < 4.78 is 34.6. The number of hydrogen-bond donors (Lipinski definition) is 2. The van der Waals surface area contributed by atoms with Gasteiger partial charge in [-0.2, -0.15) is 4.31 Å². The summed E-state index contributed by atoms with van der Waals surface area (Å²) in [5, 5.41) is 4.22. The average Bonchev–Trinajstić information content (AvgIpc) is 3.05. The maximum atomic E-state index is 13.8. The van der Waals surface area contributed by atoms with Crippen molar-refractivity contribution in [1.29, 1.82) is 0 Å². The number of ether oxygens (including phenoxy) is 1. The molecule has 1 amide bonds. The second-order valence-corrected chi connectivity index (χ2v) is 12.8. The standard InChI is InChI=1S/C32H29ClN6O5S/c1-20(27-18-22-8-6-12-25(33)28(22)32(41)39(27)23-9-3-2-4-10-23)36-31(40)29-30(34)35-19-26(37-29)21-7-5-11-24(17-21)45(42,43)38-13-15-44-16-14-38/h2-12,17-20H,13-16H2,1H3,(H2,34,35)(H,36,40)/t20-/m0/s1. The number of carbonyl (C=O) groups excluding carboxylic acids is 1. The smallest absolute Gasteiger partial charge is 0.274 e. The average molecular weight is 645 g/mol. The Balaban J connectivity index is 1.34. The Morgan fingerprint density at radius 1 is 1.02 bits per heavy atom. The highest BCUT2D eigenvalue weighted by Gasteiger charge is 2.27. The molecule has 230 valence electrons. The highest BCUT2D eigenvalue weighted by atomic mass is 35.5. The zero-order valence-corrected chi connectivity index (χ0v) is 25.8. The van der Waals surface area contributed by atoms with Crippen LogP contribution in [0.1, 0.15) is 29.1 Å². The molecule has 1 aliphatic heterocycles. The summed E-state index contributed by atoms with van der Waals surface area (Å²) in [6.07, 6.45) is 1.39. The number of halogens is 1. The van der Waals surface area contributed by atoms with Crippen LogP contribution in [-0.2, 0) is 14.8 Å². The fraction of sp³-hybridized carbons (Fsp3) is 0.188. The molecule has 45 heavy (non-hydrogen) atoms. The van der Waals surface area contributed by atoms with Crippen molar-refractivity contribution >= 4 is 44.1 Å². The van der Waals surface area contributed by atoms with Crippen molar-refractivity contribution in [3.8, 4) is 16.9 Å². The lowest BCUT2D eigenvalue weighted by atomic mass is 10.1. The SMILES string of the molecule is C[C@H](NC(=O)c1nc(-c2cccc(S(=O)(=O)N3CCOCC3)c2)cnc1N)c1cc2cccc(Cl)c2c(=O)n1-c1ccccc1. The van der Waals surface area contributed by atoms with Crippen molar-refractivity contribution < 1.29 is 17.9 Å². The lowest BCUT2D eigenvalue weighted by Crippen LogP contribution is -2.40. The number of fused-ring (bicyclic) bond motifs is 1. The van der Waals surface area contributed by atoms with Gasteiger partial charge in [0, 0.05) is 30.0 Å². The van der Waals surface area contributed by atoms with Gasteiger partial charge < -0.3 is 15.8 Å². The third-order valence-electron chi connectivity index (χ3n) is 7.58. The maximum absolute atomic E-state index is 13.8. The molecule has 0 unspecified atom stereocenters. The quantitative estimate of drug-likeness (QED) is 0.268. The molecule has 3 heterocycles. The molecule has 1 saturated heterocycles. The van der Waals surface area contributed by atoms with E-state index in [1.165, 1.54) is 27.2 Å². The largest absolute Gasteiger partial charge is 0.382 e. The van der Waals surface area contributed by atoms with Gasteiger partial charge in [0.15, 0.2) is 11.5 Å². The molecule has 13 heteroatoms. The highest BCUT2D eigenvalue weighted by molar-refractivity contribution is 7.89. The van der Waals surface area contributed by atoms with E-state index in [1.807, 2.05) is 24.3 Å². The zero-order valence-electron chi connectivity index (χ0n) is 24.2. The van der Waals surface area contributed by atoms with Crippen LogP contribution >= 0.6 is 11.6 Å². The van der Waals surface area contributed by atoms with E-state index in [2.05, 4.69) is 15.3 Å². The van der Waals surface area contributed by atoms with Crippen LogP contribution in [0.25, 0.3) is 27.7 Å². The van der Waals surface area contributed by atoms with Gasteiger partial charge in [0.2, 0.25) is 10.0 Å². The molecule has 3 N–H and O–H groups in total. The van der Waals surface area contributed by atoms with Gasteiger partial charge in [-0.3, -0.25) is 14.2 Å². The first-order chi connectivity index (χ1) is 21.6. The molecule has 1 atom stereocenters. The minimum atomic E-state index is -3.76. The van der Waals surface area contributed by atoms with E-state index in [-0.39, 0.29) is 40.7 Å². The van der Waals surface area contributed by atoms with Gasteiger partial charge in [0.05, 0.1) is 46.5 Å². The number of pyridine rings is 1. The first kappa shape index (κ1) is 30.4. The van der Waals surface area contributed by atoms with Gasteiger partial charge in [0.25, 0.3) is 11.5 Å². The van der Waals surface area contributed by atoms with Crippen molar-refractivity contribution in [3.05, 3.63) is 112 Å². The molecule has 11 nitrogen and oxygen atoms in total. The minimum absolute atomic E-state index is 0.0930. The molecular weight excluding hydrogens is 616 g/mol. The number of nitrogens with one attached hydrogen (secondary N) is 1. The van der Waals surface area contributed by atoms with Crippen molar-refractivity contribution in [2.75, 3.05) is 32.0 Å². The predicted octanol–water partition coefficient (Wildman–Crippen LogP) is 4.20. The Kier molecular flexibility index (Phi) is 8.38. The van der Waals surface area contributed by atoms with E-state index in [0.29, 0.717) is 46.0 Å². The van der Waals surface area contributed by atoms with Crippen molar-refractivity contribution in [1.82, 2.24) is 24.2 Å². The first-order valence-corrected chi connectivity index (χ1v) is 16.0. The highest BCUT2D eigenvalue weighted by Crippen LogP contribution is 2.27. The lowest BCUT2D eigenvalue weighted by molar-refractivity contribution is 0.0730. The monoisotopic (exact) mass is 644 g/mol. The summed E-state index contributed by atoms with van der Waals surface area (Å²) in [7, 11) is -3.76. The topological polar surface area (TPSA) is 150 Å². The number of amides is 1. The summed E-state index contributed by atoms with van der Waals surface area (Å²) in [6, 6.07) is 21.7. The summed E-state index contributed by atoms with van der Waals surface area (Å²) in [5.74, 6) is -0.726. The lowest BCUT2D eigenvalue weighted by Gasteiger charge is -2.26. The Bertz CT molecular complexity index is 2080. The number of hydrogen-bond acceptors (Lipinski definition) is 8. The second kappa shape index (κ2) is 12.4. The van der Waals surface area contributed by atoms with E-state index < -0.39 is 22.0 Å². The number of anilines is 1. The number of sulfonamides is 1. The predicted molar refractivity (Wildman–Crippen MR) is 172 cm³/mol. The Morgan fingerprint density at radius 3 is 2.51 bits per heavy atom. The molecule has 0 radical (unpaired) electrons. The summed E-state index contributed by atoms with van der Waals surface area (Å²) in [5.41, 5.74) is 7.46. The van der Waals surface area contributed by atoms with Gasteiger partial charge in [-0.1, -0.05) is 54.1 Å². The number of carbonyl (C=O) groups is 1. The molecule has 0 spiro atoms. The molecule has 6 rings (SSSR count). The number of aromatic nitrogens is 3. The van der Waals surface area contributed by atoms with Crippen molar-refractivity contribution in [3.63, 3.8) is 0 Å². The number of nitrogens with two attached hydrogens (primary N) is 1. The number of rotatable bonds is 7. The van der Waals surface area contributed by atoms with E-state index >= 15 is 0 Å². The number of benzene rings is 3. The number of morpholine rings is 1. The van der Waals surface area contributed by atoms with Crippen molar-refractivity contribution in [2.45, 2.75) is 17.9 Å². The van der Waals surface area contributed by atoms with Gasteiger partial charge in [-0.25, -0.2) is 18.4 Å². The summed E-state index contributed by atoms with van der Waals surface area (Å²) in [4.78, 5) is 36.1. The van der Waals surface area contributed by atoms with Crippen LogP contribution in [-0.4, -0.2) is 59.5 Å². The molecule has 5 aromatic rings. The second-order valence-electron chi connectivity index (χ2n) is 10.5. The van der Waals surface area contributed by atoms with Gasteiger partial charge in [0.1, 0.15) is 0 Å². The molecule has 0 bridgehead atoms. The molecular formula is C32H29ClN6O5S. The summed E-state index contributed by atoms with van der Waals surface area (Å²) >= 11 is 6.42. The van der Waals surface area contributed by atoms with Crippen LogP contribution in [0.2, 0.25) is 5.02 Å². The van der Waals surface area contributed by atoms with E-state index in [1.54, 1.807) is 49.4 Å². The van der Waals surface area contributed by atoms with Crippen LogP contribution in [0.4, 0.5) is 5.82 Å². The Hall–Kier alpha value is -4.62. The molecule has 1 aliphatic rings. The van der Waals surface area contributed by atoms with E-state index in [9.17, 15) is 18.0 Å². The van der Waals surface area contributed by atoms with Crippen molar-refractivity contribution in [2.24, 2.45) is 0 Å². The van der Waals surface area contributed by atoms with Crippen LogP contribution in [0.3, 0.4) is 0 Å². The fourth-order valence-electron chi connectivity index (χ4n) is 5.30. The molecule has 3 aromatic carbocycles. The van der Waals surface area contributed by atoms with E-state index in [0.717, 1.165) is 0 Å². The molecule has 0 saturated carbocycles. The van der Waals surface area contributed by atoms with Crippen LogP contribution < -0.4 is 16.6 Å². The zero-order chi connectivity index (χ0) is 31.7. The number of nitrogen functional groups attached to an aromatic ring is 1. The van der Waals surface area contributed by atoms with E-state index in [4.69, 9.17) is 22.1 Å². The van der Waals surface area contributed by atoms with Crippen LogP contribution in [0, 0.1) is 0 Å². The molecule has 1 fully saturated rings. The normalized spacial score (nSPS) is 14.7. The maximum Gasteiger partial charge on any atom is 0.274 e. The van der Waals surface area contributed by atoms with Gasteiger partial charge in [-0.05, 0) is 48.7 Å². The van der Waals surface area contributed by atoms with Crippen LogP contribution in [0.15, 0.2) is 94.7 Å². The van der Waals surface area contributed by atoms with Gasteiger partial charge >= 0.3 is 0 Å². The Morgan fingerprint density at radius 2 is 1.76 bits per heavy atom. The Labute approximate surface area is 264 Å².